The third-order valence-corrected chi connectivity index (χ3v) is 4.24. The van der Waals surface area contributed by atoms with Gasteiger partial charge in [0, 0.05) is 4.88 Å². The van der Waals surface area contributed by atoms with E-state index >= 15 is 0 Å². The lowest BCUT2D eigenvalue weighted by atomic mass is 10.3. The highest BCUT2D eigenvalue weighted by atomic mass is 32.1. The van der Waals surface area contributed by atoms with Gasteiger partial charge in [0.05, 0.1) is 30.5 Å². The van der Waals surface area contributed by atoms with Gasteiger partial charge in [-0.25, -0.2) is 4.98 Å². The lowest BCUT2D eigenvalue weighted by Gasteiger charge is -2.06. The van der Waals surface area contributed by atoms with Crippen LogP contribution in [0.2, 0.25) is 0 Å². The van der Waals surface area contributed by atoms with Crippen molar-refractivity contribution in [3.63, 3.8) is 0 Å². The SMILES string of the molecule is C#CCNC(=O)c1cncn1Cc1ccc(-c2noc(C(F)(F)F)n2)s1. The van der Waals surface area contributed by atoms with Crippen LogP contribution in [0.25, 0.3) is 10.7 Å². The van der Waals surface area contributed by atoms with E-state index in [1.165, 1.54) is 23.9 Å². The molecule has 11 heteroatoms. The first-order chi connectivity index (χ1) is 12.4. The number of nitrogens with one attached hydrogen (secondary N) is 1. The zero-order chi connectivity index (χ0) is 18.7. The van der Waals surface area contributed by atoms with Crippen LogP contribution in [-0.2, 0) is 12.7 Å². The minimum absolute atomic E-state index is 0.0898. The van der Waals surface area contributed by atoms with Crippen molar-refractivity contribution in [2.24, 2.45) is 0 Å². The highest BCUT2D eigenvalue weighted by Crippen LogP contribution is 2.31. The maximum Gasteiger partial charge on any atom is 0.471 e. The van der Waals surface area contributed by atoms with Gasteiger partial charge in [-0.15, -0.1) is 17.8 Å². The van der Waals surface area contributed by atoms with E-state index in [4.69, 9.17) is 6.42 Å². The number of amides is 1. The first kappa shape index (κ1) is 17.7. The maximum absolute atomic E-state index is 12.5. The van der Waals surface area contributed by atoms with Crippen molar-refractivity contribution in [1.29, 1.82) is 0 Å². The highest BCUT2D eigenvalue weighted by molar-refractivity contribution is 7.15. The summed E-state index contributed by atoms with van der Waals surface area (Å²) in [5.74, 6) is 0.386. The number of nitrogens with zero attached hydrogens (tertiary/aromatic N) is 4. The van der Waals surface area contributed by atoms with Gasteiger partial charge < -0.3 is 14.4 Å². The summed E-state index contributed by atoms with van der Waals surface area (Å²) in [7, 11) is 0. The molecule has 7 nitrogen and oxygen atoms in total. The Bertz CT molecular complexity index is 966. The molecule has 1 N–H and O–H groups in total. The summed E-state index contributed by atoms with van der Waals surface area (Å²) < 4.78 is 43.4. The summed E-state index contributed by atoms with van der Waals surface area (Å²) in [6.07, 6.45) is 3.28. The van der Waals surface area contributed by atoms with E-state index in [1.54, 1.807) is 16.7 Å². The van der Waals surface area contributed by atoms with Crippen LogP contribution in [0, 0.1) is 12.3 Å². The van der Waals surface area contributed by atoms with Crippen LogP contribution in [0.4, 0.5) is 13.2 Å². The highest BCUT2D eigenvalue weighted by Gasteiger charge is 2.38. The van der Waals surface area contributed by atoms with Crippen molar-refractivity contribution in [3.05, 3.63) is 41.1 Å². The quantitative estimate of drug-likeness (QED) is 0.686. The summed E-state index contributed by atoms with van der Waals surface area (Å²) in [6, 6.07) is 3.28. The van der Waals surface area contributed by atoms with Crippen LogP contribution in [0.3, 0.4) is 0 Å². The molecular formula is C15H10F3N5O2S. The maximum atomic E-state index is 12.5. The van der Waals surface area contributed by atoms with Crippen molar-refractivity contribution in [2.75, 3.05) is 6.54 Å². The molecule has 0 aliphatic heterocycles. The van der Waals surface area contributed by atoms with Gasteiger partial charge in [-0.3, -0.25) is 4.79 Å². The van der Waals surface area contributed by atoms with Crippen LogP contribution >= 0.6 is 11.3 Å². The number of thiophene rings is 1. The Morgan fingerprint density at radius 2 is 2.23 bits per heavy atom. The molecule has 3 aromatic rings. The zero-order valence-corrected chi connectivity index (χ0v) is 13.8. The summed E-state index contributed by atoms with van der Waals surface area (Å²) in [5.41, 5.74) is 0.314. The lowest BCUT2D eigenvalue weighted by Crippen LogP contribution is -2.26. The standard InChI is InChI=1S/C15H10F3N5O2S/c1-2-5-20-13(24)10-6-19-8-23(10)7-9-3-4-11(26-9)12-21-14(25-22-12)15(16,17)18/h1,3-4,6,8H,5,7H2,(H,20,24). The predicted octanol–water partition coefficient (Wildman–Crippen LogP) is 2.42. The smallest absolute Gasteiger partial charge is 0.340 e. The van der Waals surface area contributed by atoms with Crippen molar-refractivity contribution in [2.45, 2.75) is 12.7 Å². The van der Waals surface area contributed by atoms with E-state index in [2.05, 4.69) is 30.9 Å². The Morgan fingerprint density at radius 3 is 2.92 bits per heavy atom. The van der Waals surface area contributed by atoms with Crippen molar-refractivity contribution in [1.82, 2.24) is 25.0 Å². The lowest BCUT2D eigenvalue weighted by molar-refractivity contribution is -0.159. The number of carbonyl (C=O) groups excluding carboxylic acids is 1. The second-order valence-corrected chi connectivity index (χ2v) is 6.15. The Hall–Kier alpha value is -3.13. The average molecular weight is 381 g/mol. The van der Waals surface area contributed by atoms with Crippen molar-refractivity contribution >= 4 is 17.2 Å². The number of hydrogen-bond donors (Lipinski definition) is 1. The fourth-order valence-corrected chi connectivity index (χ4v) is 2.98. The van der Waals surface area contributed by atoms with Gasteiger partial charge in [-0.1, -0.05) is 11.1 Å². The van der Waals surface area contributed by atoms with Gasteiger partial charge in [0.2, 0.25) is 5.82 Å². The van der Waals surface area contributed by atoms with E-state index in [0.717, 1.165) is 4.88 Å². The van der Waals surface area contributed by atoms with Gasteiger partial charge in [-0.05, 0) is 12.1 Å². The Morgan fingerprint density at radius 1 is 1.42 bits per heavy atom. The zero-order valence-electron chi connectivity index (χ0n) is 12.9. The van der Waals surface area contributed by atoms with Crippen LogP contribution in [0.5, 0.6) is 0 Å². The predicted molar refractivity (Wildman–Crippen MR) is 85.1 cm³/mol. The van der Waals surface area contributed by atoms with E-state index < -0.39 is 12.1 Å². The minimum Gasteiger partial charge on any atom is -0.340 e. The van der Waals surface area contributed by atoms with Crippen LogP contribution in [0.15, 0.2) is 29.2 Å². The first-order valence-electron chi connectivity index (χ1n) is 7.10. The number of carbonyl (C=O) groups is 1. The number of halogens is 3. The summed E-state index contributed by atoms with van der Waals surface area (Å²) >= 11 is 1.18. The van der Waals surface area contributed by atoms with E-state index in [9.17, 15) is 18.0 Å². The molecule has 0 radical (unpaired) electrons. The molecule has 0 saturated heterocycles. The molecule has 134 valence electrons. The van der Waals surface area contributed by atoms with Gasteiger partial charge in [0.15, 0.2) is 0 Å². The molecule has 0 fully saturated rings. The summed E-state index contributed by atoms with van der Waals surface area (Å²) in [6.45, 7) is 0.389. The fourth-order valence-electron chi connectivity index (χ4n) is 2.05. The van der Waals surface area contributed by atoms with E-state index in [1.807, 2.05) is 0 Å². The Balaban J connectivity index is 1.76. The number of hydrogen-bond acceptors (Lipinski definition) is 6. The number of aromatic nitrogens is 4. The molecule has 0 aromatic carbocycles. The Kier molecular flexibility index (Phi) is 4.77. The van der Waals surface area contributed by atoms with Gasteiger partial charge in [-0.2, -0.15) is 18.2 Å². The largest absolute Gasteiger partial charge is 0.471 e. The molecule has 26 heavy (non-hydrogen) atoms. The summed E-state index contributed by atoms with van der Waals surface area (Å²) in [4.78, 5) is 20.5. The molecule has 3 heterocycles. The van der Waals surface area contributed by atoms with E-state index in [-0.39, 0.29) is 18.3 Å². The van der Waals surface area contributed by atoms with Gasteiger partial charge in [0.1, 0.15) is 5.69 Å². The fraction of sp³-hybridized carbons (Fsp3) is 0.200. The second kappa shape index (κ2) is 7.01. The molecule has 3 aromatic heterocycles. The van der Waals surface area contributed by atoms with E-state index in [0.29, 0.717) is 17.1 Å². The third-order valence-electron chi connectivity index (χ3n) is 3.17. The van der Waals surface area contributed by atoms with Crippen molar-refractivity contribution < 1.29 is 22.5 Å². The van der Waals surface area contributed by atoms with Crippen LogP contribution in [0.1, 0.15) is 21.3 Å². The van der Waals surface area contributed by atoms with Crippen LogP contribution < -0.4 is 5.32 Å². The number of imidazole rings is 1. The molecule has 0 atom stereocenters. The molecular weight excluding hydrogens is 371 g/mol. The number of alkyl halides is 3. The molecule has 0 unspecified atom stereocenters. The number of terminal acetylenes is 1. The monoisotopic (exact) mass is 381 g/mol. The normalized spacial score (nSPS) is 11.3. The van der Waals surface area contributed by atoms with Gasteiger partial charge in [0.25, 0.3) is 5.91 Å². The first-order valence-corrected chi connectivity index (χ1v) is 7.92. The topological polar surface area (TPSA) is 85.8 Å². The summed E-state index contributed by atoms with van der Waals surface area (Å²) in [5, 5.41) is 5.88. The molecule has 0 saturated carbocycles. The van der Waals surface area contributed by atoms with Crippen molar-refractivity contribution in [3.8, 4) is 23.0 Å². The third kappa shape index (κ3) is 3.75. The second-order valence-electron chi connectivity index (χ2n) is 4.98. The van der Waals surface area contributed by atoms with Gasteiger partial charge >= 0.3 is 12.1 Å². The average Bonchev–Trinajstić information content (AvgIpc) is 3.31. The molecule has 1 amide bonds. The molecule has 0 aliphatic rings. The minimum atomic E-state index is -4.69. The molecule has 0 bridgehead atoms. The van der Waals surface area contributed by atoms with Crippen LogP contribution in [-0.4, -0.2) is 32.1 Å². The molecule has 0 aliphatic carbocycles. The number of rotatable bonds is 5. The Labute approximate surface area is 148 Å². The molecule has 3 rings (SSSR count). The molecule has 0 spiro atoms.